The number of nitrogens with zero attached hydrogens (tertiary/aromatic N) is 1. The van der Waals surface area contributed by atoms with Gasteiger partial charge in [0, 0.05) is 22.9 Å². The number of methoxy groups -OCH3 is 2. The van der Waals surface area contributed by atoms with Crippen LogP contribution < -0.4 is 15.1 Å². The molecular formula is C27H21NO5. The van der Waals surface area contributed by atoms with Crippen molar-refractivity contribution in [3.8, 4) is 50.8 Å². The van der Waals surface area contributed by atoms with Crippen LogP contribution in [0, 0.1) is 0 Å². The molecule has 5 rings (SSSR count). The van der Waals surface area contributed by atoms with Gasteiger partial charge in [0.2, 0.25) is 0 Å². The smallest absolute Gasteiger partial charge is 0.361 e. The third-order valence-electron chi connectivity index (χ3n) is 5.62. The van der Waals surface area contributed by atoms with E-state index in [1.54, 1.807) is 36.9 Å². The van der Waals surface area contributed by atoms with Gasteiger partial charge in [-0.3, -0.25) is 0 Å². The van der Waals surface area contributed by atoms with E-state index >= 15 is 0 Å². The molecule has 0 spiro atoms. The fraction of sp³-hybridized carbons (Fsp3) is 0.0741. The van der Waals surface area contributed by atoms with Crippen molar-refractivity contribution in [2.24, 2.45) is 0 Å². The highest BCUT2D eigenvalue weighted by molar-refractivity contribution is 5.94. The zero-order valence-electron chi connectivity index (χ0n) is 18.1. The Morgan fingerprint density at radius 2 is 1.27 bits per heavy atom. The van der Waals surface area contributed by atoms with Crippen LogP contribution in [0.25, 0.3) is 39.1 Å². The van der Waals surface area contributed by atoms with Gasteiger partial charge in [-0.25, -0.2) is 4.79 Å². The first-order chi connectivity index (χ1) is 16.1. The Morgan fingerprint density at radius 3 is 1.85 bits per heavy atom. The van der Waals surface area contributed by atoms with Crippen molar-refractivity contribution >= 4 is 5.52 Å². The van der Waals surface area contributed by atoms with Crippen molar-refractivity contribution in [1.29, 1.82) is 0 Å². The zero-order valence-corrected chi connectivity index (χ0v) is 18.1. The lowest BCUT2D eigenvalue weighted by Crippen LogP contribution is -2.05. The van der Waals surface area contributed by atoms with E-state index in [9.17, 15) is 9.90 Å². The minimum Gasteiger partial charge on any atom is -0.508 e. The third-order valence-corrected chi connectivity index (χ3v) is 5.62. The molecule has 6 nitrogen and oxygen atoms in total. The van der Waals surface area contributed by atoms with Gasteiger partial charge >= 0.3 is 5.63 Å². The summed E-state index contributed by atoms with van der Waals surface area (Å²) in [5.74, 6) is 2.07. The lowest BCUT2D eigenvalue weighted by molar-refractivity contribution is 0.414. The molecule has 0 bridgehead atoms. The topological polar surface area (TPSA) is 73.3 Å². The molecule has 0 aliphatic carbocycles. The second-order valence-electron chi connectivity index (χ2n) is 7.56. The van der Waals surface area contributed by atoms with Gasteiger partial charge in [-0.15, -0.1) is 0 Å². The maximum atomic E-state index is 13.2. The van der Waals surface area contributed by atoms with E-state index in [0.29, 0.717) is 11.3 Å². The van der Waals surface area contributed by atoms with E-state index in [4.69, 9.17) is 13.9 Å². The number of aromatic hydroxyl groups is 1. The molecule has 33 heavy (non-hydrogen) atoms. The van der Waals surface area contributed by atoms with E-state index < -0.39 is 5.63 Å². The van der Waals surface area contributed by atoms with Crippen molar-refractivity contribution < 1.29 is 19.0 Å². The second-order valence-corrected chi connectivity index (χ2v) is 7.56. The number of phenolic OH excluding ortho intramolecular Hbond substituents is 1. The van der Waals surface area contributed by atoms with Crippen molar-refractivity contribution in [2.75, 3.05) is 14.2 Å². The van der Waals surface area contributed by atoms with Crippen LogP contribution in [0.5, 0.6) is 17.2 Å². The summed E-state index contributed by atoms with van der Waals surface area (Å²) in [6.45, 7) is 0. The Bertz CT molecular complexity index is 1480. The minimum atomic E-state index is -0.445. The van der Waals surface area contributed by atoms with Gasteiger partial charge in [-0.1, -0.05) is 24.3 Å². The van der Waals surface area contributed by atoms with Gasteiger partial charge in [0.25, 0.3) is 0 Å². The lowest BCUT2D eigenvalue weighted by Gasteiger charge is -2.07. The minimum absolute atomic E-state index is 0.176. The summed E-state index contributed by atoms with van der Waals surface area (Å²) in [6.07, 6.45) is 3.71. The zero-order chi connectivity index (χ0) is 22.9. The van der Waals surface area contributed by atoms with Gasteiger partial charge in [-0.05, 0) is 59.7 Å². The molecule has 6 heteroatoms. The molecule has 0 amide bonds. The van der Waals surface area contributed by atoms with Crippen molar-refractivity contribution in [3.63, 3.8) is 0 Å². The summed E-state index contributed by atoms with van der Waals surface area (Å²) in [5.41, 5.74) is 4.07. The fourth-order valence-electron chi connectivity index (χ4n) is 3.93. The summed E-state index contributed by atoms with van der Waals surface area (Å²) < 4.78 is 18.0. The summed E-state index contributed by atoms with van der Waals surface area (Å²) in [4.78, 5) is 13.2. The first kappa shape index (κ1) is 20.5. The molecule has 2 heterocycles. The average molecular weight is 439 g/mol. The molecule has 0 aliphatic heterocycles. The molecule has 3 aromatic carbocycles. The van der Waals surface area contributed by atoms with E-state index in [1.165, 1.54) is 0 Å². The molecule has 0 aliphatic rings. The molecule has 0 radical (unpaired) electrons. The summed E-state index contributed by atoms with van der Waals surface area (Å²) in [7, 11) is 3.21. The van der Waals surface area contributed by atoms with Gasteiger partial charge in [0.1, 0.15) is 22.8 Å². The van der Waals surface area contributed by atoms with Crippen LogP contribution in [-0.4, -0.2) is 23.7 Å². The molecule has 164 valence electrons. The standard InChI is InChI=1S/C27H21NO5/c1-31-21-11-5-18(6-12-21)24-16-28-15-23(17-3-9-20(29)10-4-17)25(26(28)27(30)33-24)19-7-13-22(32-2)14-8-19/h3-16,29H,1-2H3. The van der Waals surface area contributed by atoms with Gasteiger partial charge in [-0.2, -0.15) is 0 Å². The number of phenols is 1. The molecular weight excluding hydrogens is 418 g/mol. The van der Waals surface area contributed by atoms with Crippen LogP contribution in [0.4, 0.5) is 0 Å². The van der Waals surface area contributed by atoms with Gasteiger partial charge in [0.15, 0.2) is 5.76 Å². The number of fused-ring (bicyclic) bond motifs is 1. The number of rotatable bonds is 5. The molecule has 2 aromatic heterocycles. The largest absolute Gasteiger partial charge is 0.508 e. The highest BCUT2D eigenvalue weighted by Crippen LogP contribution is 2.38. The first-order valence-electron chi connectivity index (χ1n) is 10.3. The van der Waals surface area contributed by atoms with Crippen LogP contribution in [0.1, 0.15) is 0 Å². The lowest BCUT2D eigenvalue weighted by atomic mass is 9.97. The van der Waals surface area contributed by atoms with Gasteiger partial charge in [0.05, 0.1) is 20.4 Å². The van der Waals surface area contributed by atoms with E-state index in [2.05, 4.69) is 0 Å². The van der Waals surface area contributed by atoms with E-state index in [-0.39, 0.29) is 5.75 Å². The number of hydrogen-bond acceptors (Lipinski definition) is 5. The average Bonchev–Trinajstić information content (AvgIpc) is 3.24. The normalized spacial score (nSPS) is 11.0. The number of ether oxygens (including phenoxy) is 2. The number of aromatic nitrogens is 1. The first-order valence-corrected chi connectivity index (χ1v) is 10.3. The van der Waals surface area contributed by atoms with E-state index in [1.807, 2.05) is 66.9 Å². The highest BCUT2D eigenvalue weighted by atomic mass is 16.5. The molecule has 0 saturated carbocycles. The quantitative estimate of drug-likeness (QED) is 0.385. The predicted molar refractivity (Wildman–Crippen MR) is 127 cm³/mol. The van der Waals surface area contributed by atoms with Crippen LogP contribution in [0.2, 0.25) is 0 Å². The Labute approximate surface area is 189 Å². The Kier molecular flexibility index (Phi) is 5.11. The van der Waals surface area contributed by atoms with Crippen molar-refractivity contribution in [1.82, 2.24) is 4.40 Å². The number of benzene rings is 3. The summed E-state index contributed by atoms with van der Waals surface area (Å²) in [6, 6.07) is 21.8. The van der Waals surface area contributed by atoms with Crippen LogP contribution in [-0.2, 0) is 0 Å². The maximum Gasteiger partial charge on any atom is 0.361 e. The molecule has 0 saturated heterocycles. The Morgan fingerprint density at radius 1 is 0.727 bits per heavy atom. The molecule has 0 unspecified atom stereocenters. The number of hydrogen-bond donors (Lipinski definition) is 1. The predicted octanol–water partition coefficient (Wildman–Crippen LogP) is 5.62. The highest BCUT2D eigenvalue weighted by Gasteiger charge is 2.19. The van der Waals surface area contributed by atoms with Crippen molar-refractivity contribution in [3.05, 3.63) is 95.6 Å². The van der Waals surface area contributed by atoms with Crippen LogP contribution in [0.3, 0.4) is 0 Å². The molecule has 5 aromatic rings. The Balaban J connectivity index is 1.75. The van der Waals surface area contributed by atoms with Crippen molar-refractivity contribution in [2.45, 2.75) is 0 Å². The Hall–Kier alpha value is -4.45. The molecule has 0 fully saturated rings. The van der Waals surface area contributed by atoms with Crippen LogP contribution in [0.15, 0.2) is 94.4 Å². The molecule has 0 atom stereocenters. The van der Waals surface area contributed by atoms with Crippen LogP contribution >= 0.6 is 0 Å². The van der Waals surface area contributed by atoms with E-state index in [0.717, 1.165) is 39.3 Å². The monoisotopic (exact) mass is 439 g/mol. The SMILES string of the molecule is COc1ccc(-c2cn3cc(-c4ccc(O)cc4)c(-c4ccc(OC)cc4)c3c(=O)o2)cc1. The summed E-state index contributed by atoms with van der Waals surface area (Å²) >= 11 is 0. The maximum absolute atomic E-state index is 13.2. The third kappa shape index (κ3) is 3.72. The fourth-order valence-corrected chi connectivity index (χ4v) is 3.93. The summed E-state index contributed by atoms with van der Waals surface area (Å²) in [5, 5.41) is 9.74. The molecule has 1 N–H and O–H groups in total. The second kappa shape index (κ2) is 8.24. The van der Waals surface area contributed by atoms with Gasteiger partial charge < -0.3 is 23.4 Å².